The van der Waals surface area contributed by atoms with Crippen LogP contribution in [0.2, 0.25) is 0 Å². The van der Waals surface area contributed by atoms with Crippen LogP contribution in [-0.2, 0) is 57.4 Å². The number of unbranched alkanes of at least 4 members (excludes halogenated alkanes) is 3. The molecule has 2 aromatic carbocycles. The van der Waals surface area contributed by atoms with Crippen LogP contribution >= 0.6 is 23.5 Å². The van der Waals surface area contributed by atoms with Crippen LogP contribution in [0, 0.1) is 0 Å². The molecule has 1 amide bonds. The number of ether oxygens (including phenoxy) is 2. The summed E-state index contributed by atoms with van der Waals surface area (Å²) in [6.45, 7) is 7.30. The summed E-state index contributed by atoms with van der Waals surface area (Å²) in [5.41, 5.74) is 8.74. The Morgan fingerprint density at radius 3 is 2.45 bits per heavy atom. The second-order valence-corrected chi connectivity index (χ2v) is 25.2. The van der Waals surface area contributed by atoms with Crippen molar-refractivity contribution < 1.29 is 83.5 Å². The molecule has 0 aliphatic carbocycles. The summed E-state index contributed by atoms with van der Waals surface area (Å²) < 4.78 is 105. The zero-order chi connectivity index (χ0) is 53.4. The first-order valence-electron chi connectivity index (χ1n) is 24.0. The van der Waals surface area contributed by atoms with E-state index in [-0.39, 0.29) is 35.7 Å². The Kier molecular flexibility index (Phi) is 16.9. The number of carbonyl (C=O) groups excluding carboxylic acids is 1. The third-order valence-corrected chi connectivity index (χ3v) is 18.3. The number of phosphoric ester groups is 2. The van der Waals surface area contributed by atoms with E-state index in [1.807, 2.05) is 32.0 Å². The van der Waals surface area contributed by atoms with Crippen molar-refractivity contribution in [3.63, 3.8) is 0 Å². The minimum atomic E-state index is -5.80. The Balaban J connectivity index is 0.754. The van der Waals surface area contributed by atoms with Crippen molar-refractivity contribution in [1.82, 2.24) is 29.4 Å². The maximum absolute atomic E-state index is 12.9. The van der Waals surface area contributed by atoms with Gasteiger partial charge in [-0.2, -0.15) is 17.0 Å². The molecular weight excluding hydrogens is 1060 g/mol. The molecule has 31 heteroatoms. The lowest BCUT2D eigenvalue weighted by molar-refractivity contribution is -0.121. The number of aromatic nitrogens is 4. The standard InChI is InChI=1S/C43H60N9O18P3S/c1-4-50-14-9-11-26-17-29-33(19-31(26)50)67-34-20-32-28(18-30(34)49-29)27(23-74(62,63)64)21-43(2,3)52(32)15-10-12-36(53)45-13-7-5-6-8-16-65-71(56,57)69-73(60,61)70-72(58,59)66-22-35-38(54)39(55)42(68-35)51-25-48-37-40(44)46-24-47-41(37)51/h17-20,24-25,27,35,38-39,42,54-55H,4-16,21-23H2,1-3H3,(H6-,44,45,46,47,53,56,57,58,59,60,61,62,63,64)/p+1/t27?,35-,38-,39-,42-/m1/s1. The van der Waals surface area contributed by atoms with Crippen LogP contribution < -0.4 is 36.0 Å². The molecule has 4 unspecified atom stereocenters. The third-order valence-electron chi connectivity index (χ3n) is 13.2. The number of rotatable bonds is 23. The Morgan fingerprint density at radius 1 is 0.959 bits per heavy atom. The van der Waals surface area contributed by atoms with E-state index in [9.17, 15) is 56.4 Å². The number of fused-ring (bicyclic) bond motifs is 5. The maximum Gasteiger partial charge on any atom is 0.490 e. The molecule has 0 saturated carbocycles. The monoisotopic (exact) mass is 1120 g/mol. The van der Waals surface area contributed by atoms with E-state index in [1.54, 1.807) is 0 Å². The van der Waals surface area contributed by atoms with Crippen molar-refractivity contribution in [2.24, 2.45) is 4.99 Å². The first-order chi connectivity index (χ1) is 34.8. The first-order valence-corrected chi connectivity index (χ1v) is 30.1. The molecule has 2 aromatic heterocycles. The van der Waals surface area contributed by atoms with Crippen LogP contribution in [0.15, 0.2) is 41.9 Å². The fourth-order valence-electron chi connectivity index (χ4n) is 9.82. The molecule has 74 heavy (non-hydrogen) atoms. The summed E-state index contributed by atoms with van der Waals surface area (Å²) in [5, 5.41) is 25.8. The highest BCUT2D eigenvalue weighted by molar-refractivity contribution is 7.85. The Hall–Kier alpha value is -4.34. The molecule has 8 atom stereocenters. The number of carbonyl (C=O) groups is 1. The van der Waals surface area contributed by atoms with Gasteiger partial charge in [-0.1, -0.05) is 12.8 Å². The van der Waals surface area contributed by atoms with Crippen molar-refractivity contribution in [2.75, 3.05) is 55.8 Å². The number of nitrogen functional groups attached to an aromatic ring is 1. The lowest BCUT2D eigenvalue weighted by Gasteiger charge is -2.48. The van der Waals surface area contributed by atoms with E-state index >= 15 is 0 Å². The van der Waals surface area contributed by atoms with Crippen LogP contribution in [0.1, 0.15) is 95.4 Å². The fraction of sp³-hybridized carbons (Fsp3) is 0.581. The van der Waals surface area contributed by atoms with Gasteiger partial charge in [-0.15, -0.1) is 0 Å². The number of phosphoric acid groups is 3. The van der Waals surface area contributed by atoms with Gasteiger partial charge >= 0.3 is 23.5 Å². The van der Waals surface area contributed by atoms with Crippen molar-refractivity contribution in [1.29, 1.82) is 0 Å². The van der Waals surface area contributed by atoms with Gasteiger partial charge in [0.2, 0.25) is 11.3 Å². The minimum Gasteiger partial charge on any atom is -0.452 e. The molecule has 0 spiro atoms. The van der Waals surface area contributed by atoms with E-state index in [4.69, 9.17) is 24.7 Å². The molecule has 4 aliphatic heterocycles. The van der Waals surface area contributed by atoms with Gasteiger partial charge in [0.1, 0.15) is 54.3 Å². The zero-order valence-corrected chi connectivity index (χ0v) is 44.2. The quantitative estimate of drug-likeness (QED) is 0.0202. The SMILES string of the molecule is CC[N+]1=c2cc3c(cc2CCC1)=Nc1cc2c(cc1O3)N(CCCC(=O)NCCCCCCOP(=O)(O)OP(=O)(O)OP(=O)(O)OC[C@H]1O[C@@H](n3cnc4c(N)ncnc43)[C@H](O)[C@@H]1O)C(C)(C)CC2CS(=O)(=O)O. The molecule has 27 nitrogen and oxygen atoms in total. The molecule has 406 valence electrons. The number of aryl methyl sites for hydroxylation is 1. The zero-order valence-electron chi connectivity index (χ0n) is 40.7. The number of imidazole rings is 1. The van der Waals surface area contributed by atoms with E-state index in [2.05, 4.69) is 55.9 Å². The highest BCUT2D eigenvalue weighted by Crippen LogP contribution is 2.68. The van der Waals surface area contributed by atoms with Gasteiger partial charge in [-0.3, -0.25) is 23.0 Å². The largest absolute Gasteiger partial charge is 0.490 e. The molecule has 8 rings (SSSR count). The summed E-state index contributed by atoms with van der Waals surface area (Å²) in [7, 11) is -21.0. The van der Waals surface area contributed by atoms with Crippen LogP contribution in [0.5, 0.6) is 11.5 Å². The maximum atomic E-state index is 12.9. The number of hydrogen-bond acceptors (Lipinski definition) is 20. The normalized spacial score (nSPS) is 23.6. The van der Waals surface area contributed by atoms with Gasteiger partial charge in [-0.05, 0) is 70.6 Å². The summed E-state index contributed by atoms with van der Waals surface area (Å²) in [6, 6.07) is 7.82. The van der Waals surface area contributed by atoms with Crippen molar-refractivity contribution in [3.8, 4) is 11.5 Å². The molecule has 0 bridgehead atoms. The topological polar surface area (TPSA) is 379 Å². The molecule has 4 aliphatic rings. The number of benzene rings is 2. The number of nitrogens with one attached hydrogen (secondary N) is 1. The fourth-order valence-corrected chi connectivity index (χ4v) is 14.2. The Labute approximate surface area is 425 Å². The summed E-state index contributed by atoms with van der Waals surface area (Å²) in [5.74, 6) is 0.0108. The van der Waals surface area contributed by atoms with Gasteiger partial charge in [0.15, 0.2) is 29.2 Å². The van der Waals surface area contributed by atoms with E-state index < -0.39 is 88.5 Å². The molecule has 1 fully saturated rings. The van der Waals surface area contributed by atoms with Gasteiger partial charge in [0.05, 0.1) is 31.4 Å². The van der Waals surface area contributed by atoms with Crippen LogP contribution in [0.3, 0.4) is 0 Å². The highest BCUT2D eigenvalue weighted by Gasteiger charge is 2.48. The first kappa shape index (κ1) is 55.9. The summed E-state index contributed by atoms with van der Waals surface area (Å²) in [6.07, 6.45) is 0.911. The molecule has 0 radical (unpaired) electrons. The number of amides is 1. The van der Waals surface area contributed by atoms with Crippen LogP contribution in [0.4, 0.5) is 17.2 Å². The lowest BCUT2D eigenvalue weighted by atomic mass is 9.79. The van der Waals surface area contributed by atoms with E-state index in [0.717, 1.165) is 48.9 Å². The molecule has 6 heterocycles. The molecule has 9 N–H and O–H groups in total. The second kappa shape index (κ2) is 22.3. The summed E-state index contributed by atoms with van der Waals surface area (Å²) in [4.78, 5) is 62.0. The van der Waals surface area contributed by atoms with Crippen LogP contribution in [-0.4, -0.2) is 132 Å². The van der Waals surface area contributed by atoms with E-state index in [1.165, 1.54) is 16.5 Å². The predicted octanol–water partition coefficient (Wildman–Crippen LogP) is 3.03. The van der Waals surface area contributed by atoms with Crippen molar-refractivity contribution in [2.45, 2.75) is 115 Å². The Bertz CT molecular complexity index is 3170. The number of hydrogen-bond donors (Lipinski definition) is 8. The lowest BCUT2D eigenvalue weighted by Crippen LogP contribution is -2.50. The van der Waals surface area contributed by atoms with Gasteiger partial charge in [0, 0.05) is 54.7 Å². The number of aliphatic hydroxyl groups excluding tert-OH is 2. The molecule has 4 aromatic rings. The van der Waals surface area contributed by atoms with Gasteiger partial charge < -0.3 is 50.3 Å². The minimum absolute atomic E-state index is 0.0289. The smallest absolute Gasteiger partial charge is 0.452 e. The van der Waals surface area contributed by atoms with Crippen molar-refractivity contribution >= 4 is 67.8 Å². The number of aliphatic hydroxyl groups is 2. The van der Waals surface area contributed by atoms with Crippen molar-refractivity contribution in [3.05, 3.63) is 58.8 Å². The average molecular weight is 1120 g/mol. The predicted molar refractivity (Wildman–Crippen MR) is 263 cm³/mol. The van der Waals surface area contributed by atoms with Gasteiger partial charge in [0.25, 0.3) is 10.1 Å². The average Bonchev–Trinajstić information content (AvgIpc) is 3.86. The molecular formula is C43H61N9O18P3S+. The molecule has 1 saturated heterocycles. The van der Waals surface area contributed by atoms with Crippen LogP contribution in [0.25, 0.3) is 11.2 Å². The second-order valence-electron chi connectivity index (χ2n) is 19.0. The number of nitrogens with two attached hydrogens (primary N) is 1. The Morgan fingerprint density at radius 2 is 1.70 bits per heavy atom. The summed E-state index contributed by atoms with van der Waals surface area (Å²) >= 11 is 0. The highest BCUT2D eigenvalue weighted by atomic mass is 32.2. The van der Waals surface area contributed by atoms with Gasteiger partial charge in [-0.25, -0.2) is 38.2 Å². The van der Waals surface area contributed by atoms with E-state index in [0.29, 0.717) is 67.7 Å². The number of nitrogens with zero attached hydrogens (tertiary/aromatic N) is 7. The number of anilines is 2. The third kappa shape index (κ3) is 13.2.